The average Bonchev–Trinajstić information content (AvgIpc) is 3.12. The largest absolute Gasteiger partial charge is 0.316 e. The van der Waals surface area contributed by atoms with E-state index in [9.17, 15) is 0 Å². The van der Waals surface area contributed by atoms with E-state index >= 15 is 0 Å². The van der Waals surface area contributed by atoms with Crippen molar-refractivity contribution in [2.75, 3.05) is 45.8 Å². The molecule has 0 radical (unpaired) electrons. The third kappa shape index (κ3) is 3.20. The number of hydrogen-bond acceptors (Lipinski definition) is 3. The van der Waals surface area contributed by atoms with Crippen LogP contribution in [0.15, 0.2) is 60.7 Å². The van der Waals surface area contributed by atoms with E-state index in [1.807, 2.05) is 0 Å². The Labute approximate surface area is 157 Å². The molecule has 1 aliphatic carbocycles. The van der Waals surface area contributed by atoms with Crippen molar-refractivity contribution in [3.8, 4) is 0 Å². The van der Waals surface area contributed by atoms with Crippen molar-refractivity contribution in [3.63, 3.8) is 0 Å². The van der Waals surface area contributed by atoms with Crippen LogP contribution in [0.3, 0.4) is 0 Å². The number of piperazine rings is 1. The summed E-state index contributed by atoms with van der Waals surface area (Å²) in [6.07, 6.45) is 0. The molecule has 0 spiro atoms. The Morgan fingerprint density at radius 1 is 0.769 bits per heavy atom. The van der Waals surface area contributed by atoms with E-state index in [-0.39, 0.29) is 0 Å². The maximum atomic E-state index is 3.52. The molecule has 26 heavy (non-hydrogen) atoms. The summed E-state index contributed by atoms with van der Waals surface area (Å²) in [7, 11) is 0. The molecule has 3 nitrogen and oxygen atoms in total. The number of nitrogens with zero attached hydrogens (tertiary/aromatic N) is 2. The van der Waals surface area contributed by atoms with E-state index in [0.717, 1.165) is 30.8 Å². The maximum Gasteiger partial charge on any atom is 0.0602 e. The van der Waals surface area contributed by atoms with Crippen molar-refractivity contribution in [2.45, 2.75) is 6.04 Å². The minimum Gasteiger partial charge on any atom is -0.316 e. The molecule has 2 aliphatic heterocycles. The van der Waals surface area contributed by atoms with Gasteiger partial charge in [-0.2, -0.15) is 0 Å². The van der Waals surface area contributed by atoms with Gasteiger partial charge in [0.2, 0.25) is 0 Å². The lowest BCUT2D eigenvalue weighted by Gasteiger charge is -2.40. The summed E-state index contributed by atoms with van der Waals surface area (Å²) in [6, 6.07) is 22.4. The third-order valence-electron chi connectivity index (χ3n) is 6.74. The quantitative estimate of drug-likeness (QED) is 0.897. The summed E-state index contributed by atoms with van der Waals surface area (Å²) in [6.45, 7) is 8.59. The zero-order chi connectivity index (χ0) is 17.3. The number of piperidine rings is 1. The predicted octanol–water partition coefficient (Wildman–Crippen LogP) is 2.86. The summed E-state index contributed by atoms with van der Waals surface area (Å²) in [5, 5.41) is 3.52. The smallest absolute Gasteiger partial charge is 0.0602 e. The van der Waals surface area contributed by atoms with E-state index < -0.39 is 0 Å². The van der Waals surface area contributed by atoms with E-state index in [1.54, 1.807) is 0 Å². The van der Waals surface area contributed by atoms with Crippen LogP contribution in [-0.4, -0.2) is 55.6 Å². The van der Waals surface area contributed by atoms with Gasteiger partial charge in [0.15, 0.2) is 0 Å². The van der Waals surface area contributed by atoms with Crippen LogP contribution in [0.2, 0.25) is 0 Å². The van der Waals surface area contributed by atoms with Crippen LogP contribution in [0.1, 0.15) is 17.2 Å². The molecule has 5 rings (SSSR count). The Hall–Kier alpha value is -1.68. The third-order valence-corrected chi connectivity index (χ3v) is 6.74. The number of benzene rings is 2. The van der Waals surface area contributed by atoms with Gasteiger partial charge in [0.25, 0.3) is 0 Å². The van der Waals surface area contributed by atoms with Gasteiger partial charge in [-0.25, -0.2) is 0 Å². The van der Waals surface area contributed by atoms with E-state index in [2.05, 4.69) is 75.8 Å². The first kappa shape index (κ1) is 16.5. The van der Waals surface area contributed by atoms with Crippen molar-refractivity contribution < 1.29 is 0 Å². The Morgan fingerprint density at radius 2 is 1.31 bits per heavy atom. The normalized spacial score (nSPS) is 29.0. The molecule has 3 heteroatoms. The highest BCUT2D eigenvalue weighted by Crippen LogP contribution is 2.49. The molecule has 0 amide bonds. The van der Waals surface area contributed by atoms with Gasteiger partial charge in [0, 0.05) is 32.7 Å². The zero-order valence-electron chi connectivity index (χ0n) is 15.4. The van der Waals surface area contributed by atoms with Crippen LogP contribution in [0, 0.1) is 17.8 Å². The highest BCUT2D eigenvalue weighted by Gasteiger charge is 2.52. The van der Waals surface area contributed by atoms with Crippen molar-refractivity contribution in [1.29, 1.82) is 0 Å². The topological polar surface area (TPSA) is 18.5 Å². The SMILES string of the molecule is c1ccc(C(c2ccccc2)N2CCN(CC3[C@H]4CNC[C@@H]34)CC2)cc1. The number of nitrogens with one attached hydrogen (secondary N) is 1. The summed E-state index contributed by atoms with van der Waals surface area (Å²) in [5.41, 5.74) is 2.82. The molecule has 3 fully saturated rings. The summed E-state index contributed by atoms with van der Waals surface area (Å²) < 4.78 is 0. The molecule has 1 N–H and O–H groups in total. The van der Waals surface area contributed by atoms with Crippen LogP contribution < -0.4 is 5.32 Å². The molecule has 2 aromatic carbocycles. The molecule has 1 saturated carbocycles. The van der Waals surface area contributed by atoms with Gasteiger partial charge in [0.05, 0.1) is 6.04 Å². The lowest BCUT2D eigenvalue weighted by molar-refractivity contribution is 0.103. The zero-order valence-corrected chi connectivity index (χ0v) is 15.4. The molecule has 2 aromatic rings. The summed E-state index contributed by atoms with van der Waals surface area (Å²) in [5.74, 6) is 2.94. The first-order valence-corrected chi connectivity index (χ1v) is 10.2. The maximum absolute atomic E-state index is 3.52. The molecular weight excluding hydrogens is 318 g/mol. The van der Waals surface area contributed by atoms with Gasteiger partial charge in [-0.3, -0.25) is 4.90 Å². The Morgan fingerprint density at radius 3 is 1.85 bits per heavy atom. The van der Waals surface area contributed by atoms with Gasteiger partial charge in [0.1, 0.15) is 0 Å². The second-order valence-electron chi connectivity index (χ2n) is 8.21. The lowest BCUT2D eigenvalue weighted by Crippen LogP contribution is -2.48. The summed E-state index contributed by atoms with van der Waals surface area (Å²) in [4.78, 5) is 5.39. The predicted molar refractivity (Wildman–Crippen MR) is 106 cm³/mol. The number of rotatable bonds is 5. The molecule has 3 aliphatic rings. The molecule has 136 valence electrons. The first-order chi connectivity index (χ1) is 12.9. The van der Waals surface area contributed by atoms with E-state index in [0.29, 0.717) is 6.04 Å². The van der Waals surface area contributed by atoms with Gasteiger partial charge >= 0.3 is 0 Å². The minimum absolute atomic E-state index is 0.379. The number of fused-ring (bicyclic) bond motifs is 1. The molecule has 2 saturated heterocycles. The molecule has 1 unspecified atom stereocenters. The van der Waals surface area contributed by atoms with Gasteiger partial charge < -0.3 is 10.2 Å². The highest BCUT2D eigenvalue weighted by molar-refractivity contribution is 5.32. The fourth-order valence-corrected chi connectivity index (χ4v) is 5.20. The minimum atomic E-state index is 0.379. The standard InChI is InChI=1S/C23H29N3/c1-3-7-18(8-4-1)23(19-9-5-2-6-10-19)26-13-11-25(12-14-26)17-22-20-15-24-16-21(20)22/h1-10,20-24H,11-17H2/t20-,21+,22?. The van der Waals surface area contributed by atoms with Crippen molar-refractivity contribution >= 4 is 0 Å². The monoisotopic (exact) mass is 347 g/mol. The first-order valence-electron chi connectivity index (χ1n) is 10.2. The molecule has 3 atom stereocenters. The molecular formula is C23H29N3. The number of hydrogen-bond donors (Lipinski definition) is 1. The lowest BCUT2D eigenvalue weighted by atomic mass is 9.96. The van der Waals surface area contributed by atoms with Crippen LogP contribution in [0.5, 0.6) is 0 Å². The fourth-order valence-electron chi connectivity index (χ4n) is 5.20. The van der Waals surface area contributed by atoms with E-state index in [1.165, 1.54) is 43.9 Å². The molecule has 2 heterocycles. The molecule has 0 aromatic heterocycles. The van der Waals surface area contributed by atoms with Gasteiger partial charge in [-0.05, 0) is 42.0 Å². The Kier molecular flexibility index (Phi) is 4.53. The second kappa shape index (κ2) is 7.15. The van der Waals surface area contributed by atoms with Crippen LogP contribution >= 0.6 is 0 Å². The Balaban J connectivity index is 1.26. The fraction of sp³-hybridized carbons (Fsp3) is 0.478. The average molecular weight is 348 g/mol. The van der Waals surface area contributed by atoms with Crippen LogP contribution in [-0.2, 0) is 0 Å². The Bertz CT molecular complexity index is 659. The van der Waals surface area contributed by atoms with E-state index in [4.69, 9.17) is 0 Å². The van der Waals surface area contributed by atoms with Crippen molar-refractivity contribution in [3.05, 3.63) is 71.8 Å². The van der Waals surface area contributed by atoms with Gasteiger partial charge in [-0.15, -0.1) is 0 Å². The summed E-state index contributed by atoms with van der Waals surface area (Å²) >= 11 is 0. The van der Waals surface area contributed by atoms with Gasteiger partial charge in [-0.1, -0.05) is 60.7 Å². The molecule has 0 bridgehead atoms. The second-order valence-corrected chi connectivity index (χ2v) is 8.21. The van der Waals surface area contributed by atoms with Crippen molar-refractivity contribution in [2.24, 2.45) is 17.8 Å². The van der Waals surface area contributed by atoms with Crippen molar-refractivity contribution in [1.82, 2.24) is 15.1 Å². The van der Waals surface area contributed by atoms with Crippen LogP contribution in [0.4, 0.5) is 0 Å². The highest BCUT2D eigenvalue weighted by atomic mass is 15.3. The van der Waals surface area contributed by atoms with Crippen LogP contribution in [0.25, 0.3) is 0 Å².